The van der Waals surface area contributed by atoms with Crippen LogP contribution in [0.25, 0.3) is 0 Å². The minimum absolute atomic E-state index is 0.255. The molecule has 5 heteroatoms. The SMILES string of the molecule is Fc1ccc(OCC2CCC(c3ccc(Cl)cc3)N(c3ccc(Cl)cc3)C2)cc1. The van der Waals surface area contributed by atoms with Gasteiger partial charge in [-0.1, -0.05) is 35.3 Å². The van der Waals surface area contributed by atoms with E-state index in [0.717, 1.165) is 35.1 Å². The Morgan fingerprint density at radius 2 is 1.45 bits per heavy atom. The smallest absolute Gasteiger partial charge is 0.123 e. The number of hydrogen-bond acceptors (Lipinski definition) is 2. The molecule has 2 atom stereocenters. The standard InChI is InChI=1S/C24H22Cl2FNO/c25-19-4-2-18(3-5-19)24-14-1-17(16-29-23-12-8-21(27)9-13-23)15-28(24)22-10-6-20(26)7-11-22/h2-13,17,24H,1,14-16H2. The van der Waals surface area contributed by atoms with Crippen molar-refractivity contribution in [2.45, 2.75) is 18.9 Å². The van der Waals surface area contributed by atoms with Gasteiger partial charge < -0.3 is 9.64 Å². The third-order valence-electron chi connectivity index (χ3n) is 5.39. The van der Waals surface area contributed by atoms with E-state index in [-0.39, 0.29) is 11.9 Å². The highest BCUT2D eigenvalue weighted by molar-refractivity contribution is 6.30. The van der Waals surface area contributed by atoms with E-state index < -0.39 is 0 Å². The van der Waals surface area contributed by atoms with Gasteiger partial charge in [-0.15, -0.1) is 0 Å². The molecule has 1 aliphatic rings. The normalized spacial score (nSPS) is 19.2. The van der Waals surface area contributed by atoms with Gasteiger partial charge in [0, 0.05) is 28.2 Å². The summed E-state index contributed by atoms with van der Waals surface area (Å²) < 4.78 is 19.0. The van der Waals surface area contributed by atoms with E-state index in [2.05, 4.69) is 29.2 Å². The topological polar surface area (TPSA) is 12.5 Å². The molecule has 0 saturated carbocycles. The highest BCUT2D eigenvalue weighted by atomic mass is 35.5. The monoisotopic (exact) mass is 429 g/mol. The van der Waals surface area contributed by atoms with Crippen molar-refractivity contribution in [3.8, 4) is 5.75 Å². The van der Waals surface area contributed by atoms with Crippen molar-refractivity contribution in [3.05, 3.63) is 94.2 Å². The molecule has 3 aromatic carbocycles. The quantitative estimate of drug-likeness (QED) is 0.426. The molecule has 3 aromatic rings. The number of benzene rings is 3. The summed E-state index contributed by atoms with van der Waals surface area (Å²) in [7, 11) is 0. The number of piperidine rings is 1. The maximum Gasteiger partial charge on any atom is 0.123 e. The van der Waals surface area contributed by atoms with E-state index in [0.29, 0.717) is 18.3 Å². The number of rotatable bonds is 5. The van der Waals surface area contributed by atoms with E-state index >= 15 is 0 Å². The summed E-state index contributed by atoms with van der Waals surface area (Å²) in [6.07, 6.45) is 2.07. The van der Waals surface area contributed by atoms with Crippen molar-refractivity contribution in [2.75, 3.05) is 18.1 Å². The van der Waals surface area contributed by atoms with Gasteiger partial charge in [-0.05, 0) is 79.1 Å². The molecule has 2 nitrogen and oxygen atoms in total. The molecular formula is C24H22Cl2FNO. The lowest BCUT2D eigenvalue weighted by molar-refractivity contribution is 0.216. The third kappa shape index (κ3) is 5.04. The van der Waals surface area contributed by atoms with Crippen molar-refractivity contribution in [3.63, 3.8) is 0 Å². The maximum atomic E-state index is 13.1. The zero-order chi connectivity index (χ0) is 20.2. The lowest BCUT2D eigenvalue weighted by Gasteiger charge is -2.41. The van der Waals surface area contributed by atoms with Crippen LogP contribution in [0.3, 0.4) is 0 Å². The molecule has 0 aliphatic carbocycles. The van der Waals surface area contributed by atoms with Gasteiger partial charge in [0.25, 0.3) is 0 Å². The van der Waals surface area contributed by atoms with E-state index in [1.54, 1.807) is 12.1 Å². The summed E-state index contributed by atoms with van der Waals surface area (Å²) >= 11 is 12.2. The van der Waals surface area contributed by atoms with Crippen LogP contribution in [0.5, 0.6) is 5.75 Å². The first-order valence-electron chi connectivity index (χ1n) is 9.74. The Balaban J connectivity index is 1.51. The van der Waals surface area contributed by atoms with E-state index in [1.165, 1.54) is 17.7 Å². The fourth-order valence-corrected chi connectivity index (χ4v) is 4.13. The lowest BCUT2D eigenvalue weighted by atomic mass is 9.89. The van der Waals surface area contributed by atoms with Crippen molar-refractivity contribution in [2.24, 2.45) is 5.92 Å². The first-order valence-corrected chi connectivity index (χ1v) is 10.5. The van der Waals surface area contributed by atoms with Gasteiger partial charge in [-0.2, -0.15) is 0 Å². The summed E-state index contributed by atoms with van der Waals surface area (Å²) in [4.78, 5) is 2.42. The number of ether oxygens (including phenoxy) is 1. The first-order chi connectivity index (χ1) is 14.1. The van der Waals surface area contributed by atoms with E-state index in [1.807, 2.05) is 24.3 Å². The zero-order valence-electron chi connectivity index (χ0n) is 15.9. The summed E-state index contributed by atoms with van der Waals surface area (Å²) in [5, 5.41) is 1.47. The average molecular weight is 430 g/mol. The van der Waals surface area contributed by atoms with Crippen LogP contribution >= 0.6 is 23.2 Å². The van der Waals surface area contributed by atoms with Gasteiger partial charge in [0.2, 0.25) is 0 Å². The summed E-state index contributed by atoms with van der Waals surface area (Å²) in [5.41, 5.74) is 2.39. The molecule has 0 spiro atoms. The fourth-order valence-electron chi connectivity index (χ4n) is 3.88. The summed E-state index contributed by atoms with van der Waals surface area (Å²) in [5.74, 6) is 0.818. The molecule has 1 saturated heterocycles. The Kier molecular flexibility index (Phi) is 6.27. The van der Waals surface area contributed by atoms with Crippen LogP contribution < -0.4 is 9.64 Å². The van der Waals surface area contributed by atoms with Crippen LogP contribution in [0.1, 0.15) is 24.4 Å². The summed E-state index contributed by atoms with van der Waals surface area (Å²) in [6, 6.07) is 22.5. The second-order valence-electron chi connectivity index (χ2n) is 7.40. The Morgan fingerprint density at radius 3 is 2.10 bits per heavy atom. The predicted octanol–water partition coefficient (Wildman–Crippen LogP) is 7.17. The number of anilines is 1. The molecule has 1 heterocycles. The minimum Gasteiger partial charge on any atom is -0.493 e. The van der Waals surface area contributed by atoms with Crippen molar-refractivity contribution >= 4 is 28.9 Å². The lowest BCUT2D eigenvalue weighted by Crippen LogP contribution is -2.40. The van der Waals surface area contributed by atoms with Crippen LogP contribution in [0.2, 0.25) is 10.0 Å². The first kappa shape index (κ1) is 20.1. The fraction of sp³-hybridized carbons (Fsp3) is 0.250. The van der Waals surface area contributed by atoms with Gasteiger partial charge in [0.1, 0.15) is 11.6 Å². The minimum atomic E-state index is -0.255. The van der Waals surface area contributed by atoms with Gasteiger partial charge in [-0.3, -0.25) is 0 Å². The molecule has 0 aromatic heterocycles. The van der Waals surface area contributed by atoms with Crippen LogP contribution in [-0.4, -0.2) is 13.2 Å². The molecule has 0 bridgehead atoms. The largest absolute Gasteiger partial charge is 0.493 e. The van der Waals surface area contributed by atoms with Crippen LogP contribution in [-0.2, 0) is 0 Å². The Bertz CT molecular complexity index is 929. The van der Waals surface area contributed by atoms with Crippen LogP contribution in [0, 0.1) is 11.7 Å². The molecule has 2 unspecified atom stereocenters. The Morgan fingerprint density at radius 1 is 0.828 bits per heavy atom. The molecule has 0 amide bonds. The van der Waals surface area contributed by atoms with E-state index in [4.69, 9.17) is 27.9 Å². The molecular weight excluding hydrogens is 408 g/mol. The average Bonchev–Trinajstić information content (AvgIpc) is 2.74. The van der Waals surface area contributed by atoms with Crippen LogP contribution in [0.4, 0.5) is 10.1 Å². The molecule has 0 radical (unpaired) electrons. The van der Waals surface area contributed by atoms with Gasteiger partial charge >= 0.3 is 0 Å². The van der Waals surface area contributed by atoms with Crippen molar-refractivity contribution in [1.29, 1.82) is 0 Å². The second-order valence-corrected chi connectivity index (χ2v) is 8.28. The molecule has 4 rings (SSSR count). The highest BCUT2D eigenvalue weighted by Gasteiger charge is 2.30. The van der Waals surface area contributed by atoms with Crippen molar-refractivity contribution in [1.82, 2.24) is 0 Å². The van der Waals surface area contributed by atoms with E-state index in [9.17, 15) is 4.39 Å². The van der Waals surface area contributed by atoms with Gasteiger partial charge in [0.15, 0.2) is 0 Å². The highest BCUT2D eigenvalue weighted by Crippen LogP contribution is 2.38. The van der Waals surface area contributed by atoms with Gasteiger partial charge in [0.05, 0.1) is 12.6 Å². The predicted molar refractivity (Wildman–Crippen MR) is 118 cm³/mol. The van der Waals surface area contributed by atoms with Crippen molar-refractivity contribution < 1.29 is 9.13 Å². The molecule has 1 aliphatic heterocycles. The zero-order valence-corrected chi connectivity index (χ0v) is 17.4. The van der Waals surface area contributed by atoms with Gasteiger partial charge in [-0.25, -0.2) is 4.39 Å². The Hall–Kier alpha value is -2.23. The molecule has 0 N–H and O–H groups in total. The Labute approximate surface area is 180 Å². The number of nitrogens with zero attached hydrogens (tertiary/aromatic N) is 1. The van der Waals surface area contributed by atoms with Crippen LogP contribution in [0.15, 0.2) is 72.8 Å². The molecule has 1 fully saturated rings. The number of hydrogen-bond donors (Lipinski definition) is 0. The number of halogens is 3. The molecule has 150 valence electrons. The summed E-state index contributed by atoms with van der Waals surface area (Å²) in [6.45, 7) is 1.47. The third-order valence-corrected chi connectivity index (χ3v) is 5.90. The maximum absolute atomic E-state index is 13.1. The molecule has 29 heavy (non-hydrogen) atoms. The second kappa shape index (κ2) is 9.06.